The lowest BCUT2D eigenvalue weighted by molar-refractivity contribution is 0.783. The van der Waals surface area contributed by atoms with Crippen molar-refractivity contribution in [2.45, 2.75) is 20.8 Å². The second kappa shape index (κ2) is 4.60. The van der Waals surface area contributed by atoms with Crippen molar-refractivity contribution in [3.8, 4) is 0 Å². The second-order valence-electron chi connectivity index (χ2n) is 2.87. The van der Waals surface area contributed by atoms with E-state index in [1.54, 1.807) is 0 Å². The van der Waals surface area contributed by atoms with Crippen LogP contribution in [0.3, 0.4) is 0 Å². The van der Waals surface area contributed by atoms with E-state index < -0.39 is 0 Å². The molecule has 2 aromatic rings. The van der Waals surface area contributed by atoms with Gasteiger partial charge in [0.05, 0.1) is 11.2 Å². The van der Waals surface area contributed by atoms with E-state index in [0.29, 0.717) is 0 Å². The van der Waals surface area contributed by atoms with E-state index in [9.17, 15) is 0 Å². The van der Waals surface area contributed by atoms with E-state index >= 15 is 0 Å². The summed E-state index contributed by atoms with van der Waals surface area (Å²) in [7, 11) is 1.96. The van der Waals surface area contributed by atoms with Crippen molar-refractivity contribution in [3.05, 3.63) is 28.4 Å². The quantitative estimate of drug-likeness (QED) is 0.702. The van der Waals surface area contributed by atoms with Crippen LogP contribution in [-0.4, -0.2) is 9.78 Å². The standard InChI is InChI=1S/C9H9BrN2.C2H6/c1-6-8-4-3-7(10)5-9(8)12(2)11-6;1-2/h3-5H,1-2H3;1-2H3. The van der Waals surface area contributed by atoms with Gasteiger partial charge in [-0.05, 0) is 25.1 Å². The molecular formula is C11H15BrN2. The maximum absolute atomic E-state index is 4.33. The zero-order valence-corrected chi connectivity index (χ0v) is 10.6. The SMILES string of the molecule is CC.Cc1nn(C)c2cc(Br)ccc12. The first-order valence-electron chi connectivity index (χ1n) is 4.77. The van der Waals surface area contributed by atoms with Crippen molar-refractivity contribution in [2.75, 3.05) is 0 Å². The van der Waals surface area contributed by atoms with Crippen molar-refractivity contribution in [1.29, 1.82) is 0 Å². The van der Waals surface area contributed by atoms with Crippen molar-refractivity contribution < 1.29 is 0 Å². The molecule has 14 heavy (non-hydrogen) atoms. The zero-order chi connectivity index (χ0) is 10.7. The lowest BCUT2D eigenvalue weighted by atomic mass is 10.2. The summed E-state index contributed by atoms with van der Waals surface area (Å²) in [5, 5.41) is 5.55. The zero-order valence-electron chi connectivity index (χ0n) is 9.00. The van der Waals surface area contributed by atoms with Crippen LogP contribution in [0, 0.1) is 6.92 Å². The molecule has 0 saturated heterocycles. The molecule has 0 unspecified atom stereocenters. The van der Waals surface area contributed by atoms with E-state index in [1.807, 2.05) is 38.6 Å². The van der Waals surface area contributed by atoms with Crippen LogP contribution in [-0.2, 0) is 7.05 Å². The Morgan fingerprint density at radius 2 is 1.93 bits per heavy atom. The van der Waals surface area contributed by atoms with Crippen LogP contribution in [0.15, 0.2) is 22.7 Å². The number of benzene rings is 1. The molecule has 0 fully saturated rings. The van der Waals surface area contributed by atoms with Gasteiger partial charge >= 0.3 is 0 Å². The average molecular weight is 255 g/mol. The number of aromatic nitrogens is 2. The number of rotatable bonds is 0. The normalized spacial score (nSPS) is 9.79. The highest BCUT2D eigenvalue weighted by Gasteiger charge is 2.03. The Bertz CT molecular complexity index is 432. The number of hydrogen-bond acceptors (Lipinski definition) is 1. The lowest BCUT2D eigenvalue weighted by Crippen LogP contribution is -1.88. The van der Waals surface area contributed by atoms with Gasteiger partial charge in [-0.2, -0.15) is 5.10 Å². The molecule has 0 bridgehead atoms. The summed E-state index contributed by atoms with van der Waals surface area (Å²) in [4.78, 5) is 0. The molecule has 76 valence electrons. The third-order valence-electron chi connectivity index (χ3n) is 2.00. The number of nitrogens with zero attached hydrogens (tertiary/aromatic N) is 2. The van der Waals surface area contributed by atoms with Crippen LogP contribution < -0.4 is 0 Å². The summed E-state index contributed by atoms with van der Waals surface area (Å²) < 4.78 is 2.99. The number of halogens is 1. The van der Waals surface area contributed by atoms with Gasteiger partial charge in [0.1, 0.15) is 0 Å². The van der Waals surface area contributed by atoms with Crippen LogP contribution in [0.25, 0.3) is 10.9 Å². The Kier molecular flexibility index (Phi) is 3.69. The molecule has 1 heterocycles. The summed E-state index contributed by atoms with van der Waals surface area (Å²) in [6, 6.07) is 6.20. The van der Waals surface area contributed by atoms with Crippen LogP contribution in [0.1, 0.15) is 19.5 Å². The number of fused-ring (bicyclic) bond motifs is 1. The van der Waals surface area contributed by atoms with E-state index in [2.05, 4.69) is 33.2 Å². The van der Waals surface area contributed by atoms with Crippen LogP contribution in [0.5, 0.6) is 0 Å². The molecule has 2 nitrogen and oxygen atoms in total. The molecule has 0 N–H and O–H groups in total. The van der Waals surface area contributed by atoms with Crippen molar-refractivity contribution >= 4 is 26.8 Å². The lowest BCUT2D eigenvalue weighted by Gasteiger charge is -1.93. The van der Waals surface area contributed by atoms with Gasteiger partial charge in [-0.15, -0.1) is 0 Å². The minimum Gasteiger partial charge on any atom is -0.268 e. The highest BCUT2D eigenvalue weighted by atomic mass is 79.9. The maximum Gasteiger partial charge on any atom is 0.0693 e. The third kappa shape index (κ3) is 1.98. The molecule has 0 aliphatic rings. The molecule has 0 amide bonds. The monoisotopic (exact) mass is 254 g/mol. The topological polar surface area (TPSA) is 17.8 Å². The summed E-state index contributed by atoms with van der Waals surface area (Å²) in [6.45, 7) is 6.02. The molecule has 2 rings (SSSR count). The Balaban J connectivity index is 0.000000461. The van der Waals surface area contributed by atoms with Gasteiger partial charge < -0.3 is 0 Å². The van der Waals surface area contributed by atoms with E-state index in [0.717, 1.165) is 10.2 Å². The van der Waals surface area contributed by atoms with Gasteiger partial charge in [0.25, 0.3) is 0 Å². The predicted octanol–water partition coefficient (Wildman–Crippen LogP) is 3.67. The molecule has 0 aliphatic carbocycles. The third-order valence-corrected chi connectivity index (χ3v) is 2.49. The summed E-state index contributed by atoms with van der Waals surface area (Å²) in [5.41, 5.74) is 2.25. The smallest absolute Gasteiger partial charge is 0.0693 e. The minimum atomic E-state index is 1.08. The maximum atomic E-state index is 4.33. The minimum absolute atomic E-state index is 1.08. The molecule has 0 aliphatic heterocycles. The summed E-state index contributed by atoms with van der Waals surface area (Å²) >= 11 is 3.43. The Labute approximate surface area is 93.1 Å². The molecule has 1 aromatic heterocycles. The molecular weight excluding hydrogens is 240 g/mol. The van der Waals surface area contributed by atoms with Gasteiger partial charge in [-0.1, -0.05) is 29.8 Å². The number of hydrogen-bond donors (Lipinski definition) is 0. The second-order valence-corrected chi connectivity index (χ2v) is 3.79. The highest BCUT2D eigenvalue weighted by Crippen LogP contribution is 2.21. The summed E-state index contributed by atoms with van der Waals surface area (Å²) in [5.74, 6) is 0. The highest BCUT2D eigenvalue weighted by molar-refractivity contribution is 9.10. The first-order chi connectivity index (χ1) is 6.68. The molecule has 0 saturated carbocycles. The fraction of sp³-hybridized carbons (Fsp3) is 0.364. The number of aryl methyl sites for hydroxylation is 2. The largest absolute Gasteiger partial charge is 0.268 e. The van der Waals surface area contributed by atoms with Gasteiger partial charge in [0.15, 0.2) is 0 Å². The van der Waals surface area contributed by atoms with Gasteiger partial charge in [-0.3, -0.25) is 4.68 Å². The molecule has 0 spiro atoms. The van der Waals surface area contributed by atoms with E-state index in [4.69, 9.17) is 0 Å². The van der Waals surface area contributed by atoms with Crippen molar-refractivity contribution in [2.24, 2.45) is 7.05 Å². The average Bonchev–Trinajstić information content (AvgIpc) is 2.46. The molecule has 1 aromatic carbocycles. The Morgan fingerprint density at radius 1 is 1.29 bits per heavy atom. The van der Waals surface area contributed by atoms with Gasteiger partial charge in [0.2, 0.25) is 0 Å². The van der Waals surface area contributed by atoms with E-state index in [1.165, 1.54) is 10.9 Å². The van der Waals surface area contributed by atoms with Gasteiger partial charge in [-0.25, -0.2) is 0 Å². The molecule has 3 heteroatoms. The van der Waals surface area contributed by atoms with Crippen LogP contribution >= 0.6 is 15.9 Å². The fourth-order valence-electron chi connectivity index (χ4n) is 1.41. The van der Waals surface area contributed by atoms with Crippen LogP contribution in [0.4, 0.5) is 0 Å². The van der Waals surface area contributed by atoms with Crippen molar-refractivity contribution in [1.82, 2.24) is 9.78 Å². The van der Waals surface area contributed by atoms with E-state index in [-0.39, 0.29) is 0 Å². The fourth-order valence-corrected chi connectivity index (χ4v) is 1.76. The first kappa shape index (κ1) is 11.2. The Hall–Kier alpha value is -0.830. The summed E-state index contributed by atoms with van der Waals surface area (Å²) in [6.07, 6.45) is 0. The van der Waals surface area contributed by atoms with Crippen molar-refractivity contribution in [3.63, 3.8) is 0 Å². The molecule has 0 radical (unpaired) electrons. The molecule has 0 atom stereocenters. The van der Waals surface area contributed by atoms with Crippen LogP contribution in [0.2, 0.25) is 0 Å². The first-order valence-corrected chi connectivity index (χ1v) is 5.56. The predicted molar refractivity (Wildman–Crippen MR) is 64.5 cm³/mol. The van der Waals surface area contributed by atoms with Gasteiger partial charge in [0, 0.05) is 16.9 Å². The Morgan fingerprint density at radius 3 is 2.57 bits per heavy atom.